The number of rotatable bonds is 9. The maximum atomic E-state index is 12.8. The largest absolute Gasteiger partial charge is 0.348 e. The predicted molar refractivity (Wildman–Crippen MR) is 150 cm³/mol. The lowest BCUT2D eigenvalue weighted by molar-refractivity contribution is 0.0951. The van der Waals surface area contributed by atoms with Crippen LogP contribution in [0, 0.1) is 13.8 Å². The van der Waals surface area contributed by atoms with E-state index in [4.69, 9.17) is 0 Å². The summed E-state index contributed by atoms with van der Waals surface area (Å²) in [5.41, 5.74) is 6.28. The van der Waals surface area contributed by atoms with Gasteiger partial charge in [-0.1, -0.05) is 55.0 Å². The van der Waals surface area contributed by atoms with Crippen molar-refractivity contribution in [2.45, 2.75) is 52.7 Å². The van der Waals surface area contributed by atoms with E-state index < -0.39 is 10.0 Å². The number of likely N-dealkylation sites (tertiary alicyclic amines) is 1. The van der Waals surface area contributed by atoms with Gasteiger partial charge in [0.05, 0.1) is 18.5 Å². The molecule has 1 aliphatic rings. The molecule has 37 heavy (non-hydrogen) atoms. The van der Waals surface area contributed by atoms with Crippen molar-refractivity contribution in [3.63, 3.8) is 0 Å². The molecule has 0 saturated carbocycles. The van der Waals surface area contributed by atoms with Gasteiger partial charge in [-0.25, -0.2) is 8.42 Å². The number of nitrogens with one attached hydrogen (secondary N) is 1. The smallest absolute Gasteiger partial charge is 0.251 e. The highest BCUT2D eigenvalue weighted by molar-refractivity contribution is 7.92. The van der Waals surface area contributed by atoms with Crippen LogP contribution in [0.1, 0.15) is 57.4 Å². The Morgan fingerprint density at radius 1 is 0.892 bits per heavy atom. The van der Waals surface area contributed by atoms with Gasteiger partial charge in [-0.15, -0.1) is 0 Å². The number of benzene rings is 3. The SMILES string of the molecule is Cc1ccc(C)c(N(Cc2ccc(C(=O)NCc3cccc(CN4CCCCC4)c3)cc2)S(C)(=O)=O)c1. The normalized spacial score (nSPS) is 14.4. The number of carbonyl (C=O) groups is 1. The zero-order chi connectivity index (χ0) is 26.4. The highest BCUT2D eigenvalue weighted by atomic mass is 32.2. The fourth-order valence-electron chi connectivity index (χ4n) is 4.79. The number of anilines is 1. The molecule has 196 valence electrons. The second kappa shape index (κ2) is 11.9. The molecule has 3 aromatic carbocycles. The maximum absolute atomic E-state index is 12.8. The van der Waals surface area contributed by atoms with Crippen LogP contribution in [-0.4, -0.2) is 38.6 Å². The summed E-state index contributed by atoms with van der Waals surface area (Å²) in [7, 11) is -3.48. The summed E-state index contributed by atoms with van der Waals surface area (Å²) in [6.45, 7) is 7.78. The Labute approximate surface area is 221 Å². The fraction of sp³-hybridized carbons (Fsp3) is 0.367. The van der Waals surface area contributed by atoms with Gasteiger partial charge in [0.2, 0.25) is 10.0 Å². The number of piperidine rings is 1. The van der Waals surface area contributed by atoms with Gasteiger partial charge in [-0.2, -0.15) is 0 Å². The number of aryl methyl sites for hydroxylation is 2. The lowest BCUT2D eigenvalue weighted by atomic mass is 10.1. The average Bonchev–Trinajstić information content (AvgIpc) is 2.88. The van der Waals surface area contributed by atoms with E-state index in [0.29, 0.717) is 17.8 Å². The molecule has 1 fully saturated rings. The van der Waals surface area contributed by atoms with Crippen LogP contribution in [0.2, 0.25) is 0 Å². The second-order valence-electron chi connectivity index (χ2n) is 10.1. The quantitative estimate of drug-likeness (QED) is 0.423. The van der Waals surface area contributed by atoms with E-state index >= 15 is 0 Å². The third-order valence-corrected chi connectivity index (χ3v) is 8.00. The Kier molecular flexibility index (Phi) is 8.67. The number of hydrogen-bond acceptors (Lipinski definition) is 4. The van der Waals surface area contributed by atoms with Crippen LogP contribution >= 0.6 is 0 Å². The Balaban J connectivity index is 1.38. The standard InChI is InChI=1S/C30H37N3O3S/c1-23-10-11-24(2)29(18-23)33(37(3,35)36)22-25-12-14-28(15-13-25)30(34)31-20-26-8-7-9-27(19-26)21-32-16-5-4-6-17-32/h7-15,18-19H,4-6,16-17,20-22H2,1-3H3,(H,31,34). The maximum Gasteiger partial charge on any atom is 0.251 e. The van der Waals surface area contributed by atoms with E-state index in [1.54, 1.807) is 12.1 Å². The van der Waals surface area contributed by atoms with Crippen LogP contribution in [0.4, 0.5) is 5.69 Å². The van der Waals surface area contributed by atoms with E-state index in [2.05, 4.69) is 28.4 Å². The van der Waals surface area contributed by atoms with E-state index in [-0.39, 0.29) is 12.5 Å². The summed E-state index contributed by atoms with van der Waals surface area (Å²) < 4.78 is 26.6. The molecule has 0 radical (unpaired) electrons. The topological polar surface area (TPSA) is 69.7 Å². The molecule has 1 heterocycles. The molecule has 6 nitrogen and oxygen atoms in total. The summed E-state index contributed by atoms with van der Waals surface area (Å²) in [6, 6.07) is 21.3. The fourth-order valence-corrected chi connectivity index (χ4v) is 5.73. The predicted octanol–water partition coefficient (Wildman–Crippen LogP) is 5.19. The Bertz CT molecular complexity index is 1330. The lowest BCUT2D eigenvalue weighted by Gasteiger charge is -2.26. The van der Waals surface area contributed by atoms with E-state index in [9.17, 15) is 13.2 Å². The molecular formula is C30H37N3O3S. The molecular weight excluding hydrogens is 482 g/mol. The van der Waals surface area contributed by atoms with Crippen LogP contribution in [0.15, 0.2) is 66.7 Å². The van der Waals surface area contributed by atoms with Crippen molar-refractivity contribution in [1.29, 1.82) is 0 Å². The number of carbonyl (C=O) groups excluding carboxylic acids is 1. The molecule has 0 aliphatic carbocycles. The molecule has 1 aliphatic heterocycles. The van der Waals surface area contributed by atoms with Crippen LogP contribution in [0.25, 0.3) is 0 Å². The first-order valence-corrected chi connectivity index (χ1v) is 14.8. The van der Waals surface area contributed by atoms with Gasteiger partial charge in [0.25, 0.3) is 5.91 Å². The molecule has 7 heteroatoms. The monoisotopic (exact) mass is 519 g/mol. The van der Waals surface area contributed by atoms with Crippen molar-refractivity contribution in [3.05, 3.63) is 100 Å². The van der Waals surface area contributed by atoms with Crippen molar-refractivity contribution in [2.24, 2.45) is 0 Å². The minimum absolute atomic E-state index is 0.150. The first-order chi connectivity index (χ1) is 17.7. The molecule has 0 spiro atoms. The van der Waals surface area contributed by atoms with Crippen molar-refractivity contribution in [3.8, 4) is 0 Å². The van der Waals surface area contributed by atoms with Gasteiger partial charge in [0.1, 0.15) is 0 Å². The zero-order valence-corrected chi connectivity index (χ0v) is 22.9. The van der Waals surface area contributed by atoms with Gasteiger partial charge in [-0.3, -0.25) is 14.0 Å². The summed E-state index contributed by atoms with van der Waals surface area (Å²) in [5.74, 6) is -0.150. The molecule has 0 bridgehead atoms. The third-order valence-electron chi connectivity index (χ3n) is 6.88. The summed E-state index contributed by atoms with van der Waals surface area (Å²) >= 11 is 0. The average molecular weight is 520 g/mol. The minimum atomic E-state index is -3.48. The van der Waals surface area contributed by atoms with Gasteiger partial charge in [0.15, 0.2) is 0 Å². The number of nitrogens with zero attached hydrogens (tertiary/aromatic N) is 2. The van der Waals surface area contributed by atoms with E-state index in [0.717, 1.165) is 41.9 Å². The van der Waals surface area contributed by atoms with Gasteiger partial charge in [0, 0.05) is 18.7 Å². The van der Waals surface area contributed by atoms with Crippen molar-refractivity contribution < 1.29 is 13.2 Å². The van der Waals surface area contributed by atoms with Crippen molar-refractivity contribution in [1.82, 2.24) is 10.2 Å². The minimum Gasteiger partial charge on any atom is -0.348 e. The number of sulfonamides is 1. The molecule has 0 atom stereocenters. The molecule has 0 aromatic heterocycles. The molecule has 1 N–H and O–H groups in total. The molecule has 1 saturated heterocycles. The van der Waals surface area contributed by atoms with Crippen LogP contribution in [0.3, 0.4) is 0 Å². The summed E-state index contributed by atoms with van der Waals surface area (Å²) in [5, 5.41) is 3.01. The summed E-state index contributed by atoms with van der Waals surface area (Å²) in [4.78, 5) is 15.3. The Morgan fingerprint density at radius 2 is 1.59 bits per heavy atom. The van der Waals surface area contributed by atoms with E-state index in [1.807, 2.05) is 50.2 Å². The van der Waals surface area contributed by atoms with Crippen LogP contribution in [-0.2, 0) is 29.7 Å². The molecule has 4 rings (SSSR count). The summed E-state index contributed by atoms with van der Waals surface area (Å²) in [6.07, 6.45) is 5.09. The zero-order valence-electron chi connectivity index (χ0n) is 22.0. The van der Waals surface area contributed by atoms with Crippen molar-refractivity contribution >= 4 is 21.6 Å². The van der Waals surface area contributed by atoms with Crippen LogP contribution < -0.4 is 9.62 Å². The molecule has 3 aromatic rings. The van der Waals surface area contributed by atoms with Crippen molar-refractivity contribution in [2.75, 3.05) is 23.7 Å². The highest BCUT2D eigenvalue weighted by Crippen LogP contribution is 2.26. The lowest BCUT2D eigenvalue weighted by Crippen LogP contribution is -2.30. The van der Waals surface area contributed by atoms with E-state index in [1.165, 1.54) is 35.4 Å². The number of amides is 1. The molecule has 1 amide bonds. The highest BCUT2D eigenvalue weighted by Gasteiger charge is 2.20. The van der Waals surface area contributed by atoms with Gasteiger partial charge in [-0.05, 0) is 85.8 Å². The molecule has 0 unspecified atom stereocenters. The second-order valence-corrected chi connectivity index (χ2v) is 12.0. The Hall–Kier alpha value is -3.16. The Morgan fingerprint density at radius 3 is 2.30 bits per heavy atom. The first-order valence-electron chi connectivity index (χ1n) is 12.9. The van der Waals surface area contributed by atoms with Crippen LogP contribution in [0.5, 0.6) is 0 Å². The third kappa shape index (κ3) is 7.43. The number of hydrogen-bond donors (Lipinski definition) is 1. The first kappa shape index (κ1) is 26.9. The van der Waals surface area contributed by atoms with Gasteiger partial charge < -0.3 is 5.32 Å². The van der Waals surface area contributed by atoms with Gasteiger partial charge >= 0.3 is 0 Å².